The molecule has 0 aliphatic heterocycles. The molecule has 0 atom stereocenters. The van der Waals surface area contributed by atoms with Crippen LogP contribution in [0.4, 0.5) is 0 Å². The molecule has 92 valence electrons. The van der Waals surface area contributed by atoms with E-state index < -0.39 is 0 Å². The van der Waals surface area contributed by atoms with E-state index in [-0.39, 0.29) is 0 Å². The van der Waals surface area contributed by atoms with Crippen LogP contribution in [0.5, 0.6) is 0 Å². The molecule has 0 spiro atoms. The number of aryl methyl sites for hydroxylation is 2. The lowest BCUT2D eigenvalue weighted by Crippen LogP contribution is -1.94. The second kappa shape index (κ2) is 5.80. The minimum absolute atomic E-state index is 0.750. The highest BCUT2D eigenvalue weighted by Crippen LogP contribution is 2.31. The Labute approximate surface area is 110 Å². The molecule has 0 aromatic carbocycles. The maximum atomic E-state index is 5.07. The number of fused-ring (bicyclic) bond motifs is 1. The van der Waals surface area contributed by atoms with Gasteiger partial charge in [-0.1, -0.05) is 6.92 Å². The number of hydrogen-bond donors (Lipinski definition) is 0. The third kappa shape index (κ3) is 2.97. The van der Waals surface area contributed by atoms with Crippen molar-refractivity contribution in [2.75, 3.05) is 19.5 Å². The van der Waals surface area contributed by atoms with Crippen molar-refractivity contribution in [3.63, 3.8) is 0 Å². The average Bonchev–Trinajstić information content (AvgIpc) is 2.72. The Morgan fingerprint density at radius 2 is 2.24 bits per heavy atom. The lowest BCUT2D eigenvalue weighted by molar-refractivity contribution is 0.218. The summed E-state index contributed by atoms with van der Waals surface area (Å²) in [6.07, 6.45) is 1.06. The van der Waals surface area contributed by atoms with Crippen LogP contribution in [-0.2, 0) is 11.2 Å². The third-order valence-electron chi connectivity index (χ3n) is 2.40. The average molecular weight is 268 g/mol. The summed E-state index contributed by atoms with van der Waals surface area (Å²) in [7, 11) is 1.72. The van der Waals surface area contributed by atoms with Crippen molar-refractivity contribution in [3.8, 4) is 0 Å². The summed E-state index contributed by atoms with van der Waals surface area (Å²) in [6, 6.07) is 2.22. The zero-order chi connectivity index (χ0) is 12.3. The molecule has 2 aromatic rings. The summed E-state index contributed by atoms with van der Waals surface area (Å²) in [5.74, 6) is 1.78. The van der Waals surface area contributed by atoms with Crippen molar-refractivity contribution in [2.45, 2.75) is 25.3 Å². The van der Waals surface area contributed by atoms with Gasteiger partial charge in [0.15, 0.2) is 0 Å². The van der Waals surface area contributed by atoms with Gasteiger partial charge >= 0.3 is 0 Å². The van der Waals surface area contributed by atoms with E-state index in [0.717, 1.165) is 34.5 Å². The Bertz CT molecular complexity index is 510. The van der Waals surface area contributed by atoms with Gasteiger partial charge in [0.1, 0.15) is 15.7 Å². The predicted octanol–water partition coefficient (Wildman–Crippen LogP) is 3.30. The molecule has 3 nitrogen and oxygen atoms in total. The maximum Gasteiger partial charge on any atom is 0.128 e. The fraction of sp³-hybridized carbons (Fsp3) is 0.500. The van der Waals surface area contributed by atoms with Crippen molar-refractivity contribution >= 4 is 33.3 Å². The van der Waals surface area contributed by atoms with Crippen LogP contribution in [-0.4, -0.2) is 29.4 Å². The second-order valence-electron chi connectivity index (χ2n) is 3.70. The van der Waals surface area contributed by atoms with Crippen LogP contribution in [0, 0.1) is 6.92 Å². The van der Waals surface area contributed by atoms with Crippen LogP contribution in [0.2, 0.25) is 0 Å². The van der Waals surface area contributed by atoms with Crippen molar-refractivity contribution in [2.24, 2.45) is 0 Å². The van der Waals surface area contributed by atoms with E-state index in [1.54, 1.807) is 30.2 Å². The van der Waals surface area contributed by atoms with Crippen LogP contribution in [0.15, 0.2) is 11.1 Å². The number of hydrogen-bond acceptors (Lipinski definition) is 5. The molecule has 0 unspecified atom stereocenters. The number of methoxy groups -OCH3 is 1. The van der Waals surface area contributed by atoms with Crippen molar-refractivity contribution < 1.29 is 4.74 Å². The molecular weight excluding hydrogens is 252 g/mol. The molecule has 0 radical (unpaired) electrons. The quantitative estimate of drug-likeness (QED) is 0.473. The molecule has 0 saturated heterocycles. The van der Waals surface area contributed by atoms with Gasteiger partial charge in [-0.15, -0.1) is 23.1 Å². The Hall–Kier alpha value is -0.650. The third-order valence-corrected chi connectivity index (χ3v) is 4.52. The smallest absolute Gasteiger partial charge is 0.128 e. The highest BCUT2D eigenvalue weighted by Gasteiger charge is 2.09. The van der Waals surface area contributed by atoms with Crippen molar-refractivity contribution in [1.29, 1.82) is 0 Å². The second-order valence-corrected chi connectivity index (χ2v) is 5.90. The molecular formula is C12H16N2OS2. The molecule has 0 fully saturated rings. The van der Waals surface area contributed by atoms with E-state index in [2.05, 4.69) is 23.0 Å². The van der Waals surface area contributed by atoms with Crippen LogP contribution in [0.3, 0.4) is 0 Å². The minimum atomic E-state index is 0.750. The lowest BCUT2D eigenvalue weighted by Gasteiger charge is -2.02. The predicted molar refractivity (Wildman–Crippen MR) is 74.1 cm³/mol. The van der Waals surface area contributed by atoms with Gasteiger partial charge in [0.25, 0.3) is 0 Å². The summed E-state index contributed by atoms with van der Waals surface area (Å²) >= 11 is 3.51. The fourth-order valence-electron chi connectivity index (χ4n) is 1.55. The van der Waals surface area contributed by atoms with Gasteiger partial charge in [0, 0.05) is 23.1 Å². The Morgan fingerprint density at radius 1 is 1.41 bits per heavy atom. The molecule has 2 rings (SSSR count). The Morgan fingerprint density at radius 3 is 2.94 bits per heavy atom. The number of aromatic nitrogens is 2. The number of nitrogens with zero attached hydrogens (tertiary/aromatic N) is 2. The summed E-state index contributed by atoms with van der Waals surface area (Å²) in [6.45, 7) is 4.87. The lowest BCUT2D eigenvalue weighted by atomic mass is 10.3. The highest BCUT2D eigenvalue weighted by molar-refractivity contribution is 7.99. The molecule has 0 aliphatic carbocycles. The first kappa shape index (κ1) is 12.8. The van der Waals surface area contributed by atoms with E-state index in [9.17, 15) is 0 Å². The number of thiophene rings is 1. The van der Waals surface area contributed by atoms with Crippen molar-refractivity contribution in [3.05, 3.63) is 16.8 Å². The maximum absolute atomic E-state index is 5.07. The van der Waals surface area contributed by atoms with E-state index in [4.69, 9.17) is 4.74 Å². The SMILES string of the molecule is CCc1cc2c(SCCOC)nc(C)nc2s1. The van der Waals surface area contributed by atoms with E-state index >= 15 is 0 Å². The summed E-state index contributed by atoms with van der Waals surface area (Å²) in [5, 5.41) is 2.28. The molecule has 0 aliphatic rings. The minimum Gasteiger partial charge on any atom is -0.384 e. The molecule has 0 N–H and O–H groups in total. The monoisotopic (exact) mass is 268 g/mol. The number of thioether (sulfide) groups is 1. The summed E-state index contributed by atoms with van der Waals surface area (Å²) in [5.41, 5.74) is 0. The van der Waals surface area contributed by atoms with Gasteiger partial charge in [-0.05, 0) is 19.4 Å². The largest absolute Gasteiger partial charge is 0.384 e. The molecule has 2 aromatic heterocycles. The van der Waals surface area contributed by atoms with E-state index in [0.29, 0.717) is 0 Å². The molecule has 0 bridgehead atoms. The fourth-order valence-corrected chi connectivity index (χ4v) is 3.58. The normalized spacial score (nSPS) is 11.2. The zero-order valence-corrected chi connectivity index (χ0v) is 12.0. The van der Waals surface area contributed by atoms with Gasteiger partial charge in [0.2, 0.25) is 0 Å². The first-order valence-electron chi connectivity index (χ1n) is 5.63. The van der Waals surface area contributed by atoms with Crippen LogP contribution in [0.1, 0.15) is 17.6 Å². The van der Waals surface area contributed by atoms with Gasteiger partial charge < -0.3 is 4.74 Å². The van der Waals surface area contributed by atoms with Gasteiger partial charge in [-0.2, -0.15) is 0 Å². The molecule has 5 heteroatoms. The first-order valence-corrected chi connectivity index (χ1v) is 7.43. The van der Waals surface area contributed by atoms with E-state index in [1.165, 1.54) is 10.3 Å². The van der Waals surface area contributed by atoms with Crippen LogP contribution in [0.25, 0.3) is 10.2 Å². The van der Waals surface area contributed by atoms with E-state index in [1.807, 2.05) is 6.92 Å². The van der Waals surface area contributed by atoms with Gasteiger partial charge in [-0.25, -0.2) is 9.97 Å². The van der Waals surface area contributed by atoms with Crippen LogP contribution >= 0.6 is 23.1 Å². The highest BCUT2D eigenvalue weighted by atomic mass is 32.2. The number of rotatable bonds is 5. The topological polar surface area (TPSA) is 35.0 Å². The molecule has 2 heterocycles. The summed E-state index contributed by atoms with van der Waals surface area (Å²) < 4.78 is 5.07. The van der Waals surface area contributed by atoms with Crippen LogP contribution < -0.4 is 0 Å². The standard InChI is InChI=1S/C12H16N2OS2/c1-4-9-7-10-11(16-6-5-15-3)13-8(2)14-12(10)17-9/h7H,4-6H2,1-3H3. The molecule has 0 saturated carbocycles. The number of ether oxygens (including phenoxy) is 1. The summed E-state index contributed by atoms with van der Waals surface area (Å²) in [4.78, 5) is 11.5. The first-order chi connectivity index (χ1) is 8.24. The van der Waals surface area contributed by atoms with Gasteiger partial charge in [0.05, 0.1) is 6.61 Å². The molecule has 17 heavy (non-hydrogen) atoms. The molecule has 0 amide bonds. The zero-order valence-electron chi connectivity index (χ0n) is 10.3. The Balaban J connectivity index is 2.34. The van der Waals surface area contributed by atoms with Crippen molar-refractivity contribution in [1.82, 2.24) is 9.97 Å². The Kier molecular flexibility index (Phi) is 4.36. The van der Waals surface area contributed by atoms with Gasteiger partial charge in [-0.3, -0.25) is 0 Å².